The third-order valence-corrected chi connectivity index (χ3v) is 5.16. The number of imidazole rings is 1. The van der Waals surface area contributed by atoms with Gasteiger partial charge in [0.25, 0.3) is 11.6 Å². The maximum absolute atomic E-state index is 12.7. The lowest BCUT2D eigenvalue weighted by Gasteiger charge is -2.31. The molecule has 2 heterocycles. The number of carbonyl (C=O) groups excluding carboxylic acids is 1. The number of aryl methyl sites for hydroxylation is 1. The van der Waals surface area contributed by atoms with Gasteiger partial charge in [-0.2, -0.15) is 0 Å². The summed E-state index contributed by atoms with van der Waals surface area (Å²) in [5.74, 6) is 0.932. The van der Waals surface area contributed by atoms with Crippen LogP contribution in [0.2, 0.25) is 0 Å². The molecule has 27 heavy (non-hydrogen) atoms. The number of nitro groups is 1. The van der Waals surface area contributed by atoms with E-state index < -0.39 is 4.92 Å². The van der Waals surface area contributed by atoms with Crippen molar-refractivity contribution in [3.05, 3.63) is 69.5 Å². The van der Waals surface area contributed by atoms with Crippen molar-refractivity contribution < 1.29 is 9.72 Å². The molecule has 1 aliphatic heterocycles. The van der Waals surface area contributed by atoms with E-state index in [1.54, 1.807) is 17.0 Å². The largest absolute Gasteiger partial charge is 0.342 e. The molecule has 2 aromatic carbocycles. The normalized spacial score (nSPS) is 15.2. The first-order valence-electron chi connectivity index (χ1n) is 9.02. The number of amides is 1. The van der Waals surface area contributed by atoms with Gasteiger partial charge in [-0.25, -0.2) is 4.98 Å². The Kier molecular flexibility index (Phi) is 4.35. The van der Waals surface area contributed by atoms with Gasteiger partial charge in [-0.3, -0.25) is 14.9 Å². The molecule has 7 nitrogen and oxygen atoms in total. The first-order chi connectivity index (χ1) is 13.0. The minimum atomic E-state index is -0.504. The van der Waals surface area contributed by atoms with Gasteiger partial charge in [0.1, 0.15) is 11.4 Å². The summed E-state index contributed by atoms with van der Waals surface area (Å²) in [6.07, 6.45) is 1.57. The Morgan fingerprint density at radius 2 is 1.96 bits per heavy atom. The maximum Gasteiger partial charge on any atom is 0.282 e. The van der Waals surface area contributed by atoms with E-state index in [0.717, 1.165) is 29.7 Å². The number of H-pyrrole nitrogens is 1. The maximum atomic E-state index is 12.7. The van der Waals surface area contributed by atoms with Crippen LogP contribution in [0.25, 0.3) is 11.0 Å². The molecular formula is C20H20N4O3. The average molecular weight is 364 g/mol. The van der Waals surface area contributed by atoms with Crippen molar-refractivity contribution in [1.82, 2.24) is 14.9 Å². The fourth-order valence-corrected chi connectivity index (χ4v) is 3.68. The molecule has 0 aliphatic carbocycles. The monoisotopic (exact) mass is 364 g/mol. The molecule has 1 fully saturated rings. The van der Waals surface area contributed by atoms with Crippen molar-refractivity contribution >= 4 is 22.6 Å². The van der Waals surface area contributed by atoms with E-state index in [-0.39, 0.29) is 23.1 Å². The highest BCUT2D eigenvalue weighted by Crippen LogP contribution is 2.29. The summed E-state index contributed by atoms with van der Waals surface area (Å²) >= 11 is 0. The second-order valence-electron chi connectivity index (χ2n) is 6.98. The van der Waals surface area contributed by atoms with Crippen molar-refractivity contribution in [3.63, 3.8) is 0 Å². The highest BCUT2D eigenvalue weighted by Gasteiger charge is 2.29. The van der Waals surface area contributed by atoms with Gasteiger partial charge in [-0.05, 0) is 43.5 Å². The smallest absolute Gasteiger partial charge is 0.282 e. The quantitative estimate of drug-likeness (QED) is 0.565. The zero-order valence-electron chi connectivity index (χ0n) is 15.0. The summed E-state index contributed by atoms with van der Waals surface area (Å²) in [6, 6.07) is 12.3. The lowest BCUT2D eigenvalue weighted by molar-refractivity contribution is -0.385. The van der Waals surface area contributed by atoms with Gasteiger partial charge in [0.2, 0.25) is 0 Å². The number of aromatic nitrogens is 2. The van der Waals surface area contributed by atoms with Crippen LogP contribution in [0.4, 0.5) is 5.69 Å². The Labute approximate surface area is 156 Å². The number of likely N-dealkylation sites (tertiary alicyclic amines) is 1. The Morgan fingerprint density at radius 1 is 1.22 bits per heavy atom. The van der Waals surface area contributed by atoms with Gasteiger partial charge in [0, 0.05) is 25.1 Å². The number of carbonyl (C=O) groups is 1. The number of para-hydroxylation sites is 1. The molecule has 0 bridgehead atoms. The zero-order chi connectivity index (χ0) is 19.0. The Bertz CT molecular complexity index is 1020. The van der Waals surface area contributed by atoms with Gasteiger partial charge in [-0.1, -0.05) is 18.2 Å². The van der Waals surface area contributed by atoms with Crippen LogP contribution in [0.1, 0.15) is 40.5 Å². The number of nitrogens with zero attached hydrogens (tertiary/aromatic N) is 3. The van der Waals surface area contributed by atoms with Crippen molar-refractivity contribution in [2.24, 2.45) is 0 Å². The van der Waals surface area contributed by atoms with Crippen LogP contribution in [-0.2, 0) is 0 Å². The summed E-state index contributed by atoms with van der Waals surface area (Å²) in [4.78, 5) is 33.2. The summed E-state index contributed by atoms with van der Waals surface area (Å²) in [5.41, 5.74) is 3.18. The van der Waals surface area contributed by atoms with Gasteiger partial charge in [0.05, 0.1) is 16.0 Å². The number of hydrogen-bond donors (Lipinski definition) is 1. The average Bonchev–Trinajstić information content (AvgIpc) is 3.10. The van der Waals surface area contributed by atoms with Crippen LogP contribution in [0, 0.1) is 17.0 Å². The number of aromatic amines is 1. The van der Waals surface area contributed by atoms with E-state index in [1.165, 1.54) is 17.7 Å². The standard InChI is InChI=1S/C20H20N4O3/c1-13-6-7-16-17(12-13)22-19(21-16)14-8-10-23(11-9-14)20(25)15-4-2-3-5-18(15)24(26)27/h2-7,12,14H,8-11H2,1H3,(H,21,22). The molecule has 0 saturated carbocycles. The molecule has 1 aliphatic rings. The first-order valence-corrected chi connectivity index (χ1v) is 9.02. The summed E-state index contributed by atoms with van der Waals surface area (Å²) in [5, 5.41) is 11.2. The van der Waals surface area contributed by atoms with Crippen LogP contribution in [0.5, 0.6) is 0 Å². The van der Waals surface area contributed by atoms with Crippen molar-refractivity contribution in [2.75, 3.05) is 13.1 Å². The molecular weight excluding hydrogens is 344 g/mol. The molecule has 1 saturated heterocycles. The molecule has 7 heteroatoms. The molecule has 4 rings (SSSR count). The van der Waals surface area contributed by atoms with Crippen LogP contribution >= 0.6 is 0 Å². The number of nitrogens with one attached hydrogen (secondary N) is 1. The summed E-state index contributed by atoms with van der Waals surface area (Å²) < 4.78 is 0. The molecule has 0 spiro atoms. The van der Waals surface area contributed by atoms with Crippen LogP contribution in [0.3, 0.4) is 0 Å². The molecule has 1 aromatic heterocycles. The first kappa shape index (κ1) is 17.2. The van der Waals surface area contributed by atoms with Crippen molar-refractivity contribution in [3.8, 4) is 0 Å². The number of nitro benzene ring substituents is 1. The number of hydrogen-bond acceptors (Lipinski definition) is 4. The Morgan fingerprint density at radius 3 is 2.70 bits per heavy atom. The van der Waals surface area contributed by atoms with Gasteiger partial charge in [-0.15, -0.1) is 0 Å². The van der Waals surface area contributed by atoms with E-state index in [2.05, 4.69) is 11.1 Å². The molecule has 0 unspecified atom stereocenters. The Balaban J connectivity index is 1.48. The van der Waals surface area contributed by atoms with Gasteiger partial charge in [0.15, 0.2) is 0 Å². The minimum Gasteiger partial charge on any atom is -0.342 e. The van der Waals surface area contributed by atoms with E-state index in [4.69, 9.17) is 4.98 Å². The molecule has 1 amide bonds. The lowest BCUT2D eigenvalue weighted by atomic mass is 9.95. The van der Waals surface area contributed by atoms with E-state index in [0.29, 0.717) is 13.1 Å². The third-order valence-electron chi connectivity index (χ3n) is 5.16. The third kappa shape index (κ3) is 3.28. The second-order valence-corrected chi connectivity index (χ2v) is 6.98. The van der Waals surface area contributed by atoms with E-state index in [1.807, 2.05) is 19.1 Å². The van der Waals surface area contributed by atoms with Gasteiger partial charge < -0.3 is 9.88 Å². The molecule has 3 aromatic rings. The van der Waals surface area contributed by atoms with E-state index >= 15 is 0 Å². The molecule has 138 valence electrons. The number of piperidine rings is 1. The molecule has 1 N–H and O–H groups in total. The highest BCUT2D eigenvalue weighted by atomic mass is 16.6. The number of rotatable bonds is 3. The number of fused-ring (bicyclic) bond motifs is 1. The zero-order valence-corrected chi connectivity index (χ0v) is 15.0. The highest BCUT2D eigenvalue weighted by molar-refractivity contribution is 5.98. The topological polar surface area (TPSA) is 92.1 Å². The fourth-order valence-electron chi connectivity index (χ4n) is 3.68. The fraction of sp³-hybridized carbons (Fsp3) is 0.300. The van der Waals surface area contributed by atoms with Crippen LogP contribution in [0.15, 0.2) is 42.5 Å². The second kappa shape index (κ2) is 6.83. The lowest BCUT2D eigenvalue weighted by Crippen LogP contribution is -2.38. The predicted molar refractivity (Wildman–Crippen MR) is 102 cm³/mol. The molecule has 0 atom stereocenters. The van der Waals surface area contributed by atoms with Gasteiger partial charge >= 0.3 is 0 Å². The van der Waals surface area contributed by atoms with Crippen molar-refractivity contribution in [1.29, 1.82) is 0 Å². The van der Waals surface area contributed by atoms with Crippen molar-refractivity contribution in [2.45, 2.75) is 25.7 Å². The summed E-state index contributed by atoms with van der Waals surface area (Å²) in [6.45, 7) is 3.17. The molecule has 0 radical (unpaired) electrons. The van der Waals surface area contributed by atoms with E-state index in [9.17, 15) is 14.9 Å². The Hall–Kier alpha value is -3.22. The number of benzene rings is 2. The SMILES string of the molecule is Cc1ccc2nc(C3CCN(C(=O)c4ccccc4[N+](=O)[O-])CC3)[nH]c2c1. The summed E-state index contributed by atoms with van der Waals surface area (Å²) in [7, 11) is 0. The van der Waals surface area contributed by atoms with Crippen LogP contribution in [-0.4, -0.2) is 38.8 Å². The predicted octanol–water partition coefficient (Wildman–Crippen LogP) is 3.80. The van der Waals surface area contributed by atoms with Crippen LogP contribution < -0.4 is 0 Å². The minimum absolute atomic E-state index is 0.141.